The molecule has 4 nitrogen and oxygen atoms in total. The third kappa shape index (κ3) is 1.16. The van der Waals surface area contributed by atoms with Crippen LogP contribution in [0.2, 0.25) is 0 Å². The predicted octanol–water partition coefficient (Wildman–Crippen LogP) is 2.44. The molecule has 0 aromatic heterocycles. The number of hydrogen-bond donors (Lipinski definition) is 0. The van der Waals surface area contributed by atoms with Crippen molar-refractivity contribution in [1.29, 1.82) is 0 Å². The van der Waals surface area contributed by atoms with Gasteiger partial charge in [0.15, 0.2) is 5.03 Å². The Kier molecular flexibility index (Phi) is 1.90. The molecule has 2 rings (SSSR count). The molecule has 2 atom stereocenters. The predicted molar refractivity (Wildman–Crippen MR) is 54.1 cm³/mol. The zero-order valence-corrected chi connectivity index (χ0v) is 9.04. The molecule has 2 fully saturated rings. The van der Waals surface area contributed by atoms with Crippen LogP contribution in [0.15, 0.2) is 5.10 Å². The molecular weight excluding hydrogens is 204 g/mol. The normalized spacial score (nSPS) is 41.9. The largest absolute Gasteiger partial charge is 0.233 e. The van der Waals surface area contributed by atoms with Crippen LogP contribution in [-0.2, 0) is 0 Å². The second-order valence-electron chi connectivity index (χ2n) is 4.81. The van der Waals surface area contributed by atoms with Gasteiger partial charge in [0.2, 0.25) is 0 Å². The maximum atomic E-state index is 10.4. The second-order valence-corrected chi connectivity index (χ2v) is 5.54. The summed E-state index contributed by atoms with van der Waals surface area (Å²) in [5, 5.41) is 13.3. The molecule has 0 aromatic carbocycles. The summed E-state index contributed by atoms with van der Waals surface area (Å²) in [4.78, 5) is 9.89. The maximum Gasteiger partial charge on any atom is 0.190 e. The Morgan fingerprint density at radius 2 is 2.29 bits per heavy atom. The van der Waals surface area contributed by atoms with E-state index < -0.39 is 9.91 Å². The first-order valence-corrected chi connectivity index (χ1v) is 5.17. The number of fused-ring (bicyclic) bond motifs is 2. The fourth-order valence-corrected chi connectivity index (χ4v) is 3.48. The van der Waals surface area contributed by atoms with Gasteiger partial charge >= 0.3 is 0 Å². The van der Waals surface area contributed by atoms with Crippen LogP contribution in [0.5, 0.6) is 0 Å². The highest BCUT2D eigenvalue weighted by Gasteiger charge is 2.60. The van der Waals surface area contributed by atoms with Gasteiger partial charge in [-0.1, -0.05) is 13.8 Å². The first-order chi connectivity index (χ1) is 6.36. The van der Waals surface area contributed by atoms with Crippen LogP contribution >= 0.6 is 11.6 Å². The number of hydrazone groups is 1. The average Bonchev–Trinajstić information content (AvgIpc) is 2.49. The second kappa shape index (κ2) is 2.69. The number of nitrogens with zero attached hydrogens (tertiary/aromatic N) is 2. The van der Waals surface area contributed by atoms with Crippen molar-refractivity contribution in [3.63, 3.8) is 0 Å². The smallest absolute Gasteiger partial charge is 0.190 e. The van der Waals surface area contributed by atoms with Crippen molar-refractivity contribution in [2.24, 2.45) is 16.4 Å². The van der Waals surface area contributed by atoms with Crippen molar-refractivity contribution < 1.29 is 5.03 Å². The van der Waals surface area contributed by atoms with E-state index >= 15 is 0 Å². The van der Waals surface area contributed by atoms with Crippen molar-refractivity contribution in [3.05, 3.63) is 10.1 Å². The summed E-state index contributed by atoms with van der Waals surface area (Å²) in [5.41, 5.74) is 0.375. The van der Waals surface area contributed by atoms with Crippen molar-refractivity contribution in [2.45, 2.75) is 38.0 Å². The number of hydrogen-bond acceptors (Lipinski definition) is 2. The van der Waals surface area contributed by atoms with Gasteiger partial charge in [-0.2, -0.15) is 0 Å². The molecule has 14 heavy (non-hydrogen) atoms. The molecule has 2 saturated carbocycles. The van der Waals surface area contributed by atoms with Crippen molar-refractivity contribution in [1.82, 2.24) is 0 Å². The van der Waals surface area contributed by atoms with E-state index in [-0.39, 0.29) is 5.41 Å². The van der Waals surface area contributed by atoms with Gasteiger partial charge in [0.25, 0.3) is 0 Å². The summed E-state index contributed by atoms with van der Waals surface area (Å²) in [5.74, 6) is 0.457. The molecule has 0 aliphatic heterocycles. The van der Waals surface area contributed by atoms with E-state index in [1.807, 2.05) is 13.8 Å². The molecule has 5 heteroatoms. The lowest BCUT2D eigenvalue weighted by Gasteiger charge is -2.31. The minimum absolute atomic E-state index is 0.201. The van der Waals surface area contributed by atoms with Crippen LogP contribution in [0.25, 0.3) is 0 Å². The number of rotatable bonds is 1. The third-order valence-corrected chi connectivity index (χ3v) is 4.22. The molecule has 2 aliphatic carbocycles. The summed E-state index contributed by atoms with van der Waals surface area (Å²) in [6, 6.07) is 0. The number of alkyl halides is 1. The summed E-state index contributed by atoms with van der Waals surface area (Å²) < 4.78 is 0. The summed E-state index contributed by atoms with van der Waals surface area (Å²) in [6.45, 7) is 4.01. The highest BCUT2D eigenvalue weighted by Crippen LogP contribution is 2.58. The fraction of sp³-hybridized carbons (Fsp3) is 0.889. The maximum absolute atomic E-state index is 10.4. The van der Waals surface area contributed by atoms with E-state index in [0.717, 1.165) is 19.3 Å². The van der Waals surface area contributed by atoms with E-state index in [1.54, 1.807) is 0 Å². The van der Waals surface area contributed by atoms with Crippen LogP contribution in [0.4, 0.5) is 0 Å². The van der Waals surface area contributed by atoms with E-state index in [2.05, 4.69) is 5.10 Å². The molecule has 0 heterocycles. The molecule has 0 saturated heterocycles. The van der Waals surface area contributed by atoms with E-state index in [4.69, 9.17) is 11.6 Å². The summed E-state index contributed by atoms with van der Waals surface area (Å²) in [7, 11) is 0. The van der Waals surface area contributed by atoms with E-state index in [0.29, 0.717) is 11.6 Å². The van der Waals surface area contributed by atoms with Crippen LogP contribution in [0, 0.1) is 21.4 Å². The molecule has 2 bridgehead atoms. The van der Waals surface area contributed by atoms with Gasteiger partial charge in [-0.3, -0.25) is 0 Å². The van der Waals surface area contributed by atoms with Gasteiger partial charge in [0, 0.05) is 5.41 Å². The quantitative estimate of drug-likeness (QED) is 0.384. The fourth-order valence-electron chi connectivity index (χ4n) is 2.90. The zero-order valence-electron chi connectivity index (χ0n) is 8.29. The van der Waals surface area contributed by atoms with Crippen LogP contribution in [0.1, 0.15) is 33.1 Å². The Bertz CT molecular complexity index is 320. The van der Waals surface area contributed by atoms with Crippen molar-refractivity contribution in [3.8, 4) is 0 Å². The van der Waals surface area contributed by atoms with E-state index in [1.165, 1.54) is 0 Å². The van der Waals surface area contributed by atoms with Gasteiger partial charge in [-0.05, 0) is 25.2 Å². The molecule has 0 amide bonds. The van der Waals surface area contributed by atoms with E-state index in [9.17, 15) is 10.1 Å². The number of halogens is 1. The Labute approximate surface area is 87.5 Å². The first kappa shape index (κ1) is 9.90. The average molecular weight is 217 g/mol. The molecule has 0 aromatic rings. The zero-order chi connectivity index (χ0) is 10.6. The van der Waals surface area contributed by atoms with Crippen LogP contribution in [0.3, 0.4) is 0 Å². The monoisotopic (exact) mass is 216 g/mol. The summed E-state index contributed by atoms with van der Waals surface area (Å²) >= 11 is 6.36. The molecule has 0 N–H and O–H groups in total. The molecule has 2 aliphatic rings. The lowest BCUT2D eigenvalue weighted by Crippen LogP contribution is -2.38. The Hall–Kier alpha value is -0.640. The lowest BCUT2D eigenvalue weighted by atomic mass is 9.75. The Balaban J connectivity index is 2.44. The lowest BCUT2D eigenvalue weighted by molar-refractivity contribution is -0.485. The van der Waals surface area contributed by atoms with Gasteiger partial charge in [-0.25, -0.2) is 10.1 Å². The van der Waals surface area contributed by atoms with Crippen molar-refractivity contribution >= 4 is 17.3 Å². The van der Waals surface area contributed by atoms with Gasteiger partial charge in [-0.15, -0.1) is 11.6 Å². The Morgan fingerprint density at radius 3 is 2.71 bits per heavy atom. The molecular formula is C9H13ClN2O2. The van der Waals surface area contributed by atoms with Gasteiger partial charge in [0.05, 0.1) is 9.98 Å². The summed E-state index contributed by atoms with van der Waals surface area (Å²) in [6.07, 6.45) is 2.73. The molecule has 2 unspecified atom stereocenters. The topological polar surface area (TPSA) is 55.5 Å². The highest BCUT2D eigenvalue weighted by molar-refractivity contribution is 6.38. The molecule has 78 valence electrons. The van der Waals surface area contributed by atoms with Gasteiger partial charge in [0.1, 0.15) is 5.71 Å². The SMILES string of the molecule is CC1(C)C(=N[N+](=O)[O-])C2(Cl)CCC1C2. The minimum atomic E-state index is -0.623. The van der Waals surface area contributed by atoms with Crippen LogP contribution < -0.4 is 0 Å². The first-order valence-electron chi connectivity index (χ1n) is 4.79. The number of nitro groups is 1. The standard InChI is InChI=1S/C9H13ClN2O2/c1-8(2)6-3-4-9(10,5-6)7(8)11-12(13)14/h6H,3-5H2,1-2H3. The molecule has 0 radical (unpaired) electrons. The van der Waals surface area contributed by atoms with Gasteiger partial charge < -0.3 is 0 Å². The minimum Gasteiger partial charge on any atom is -0.233 e. The molecule has 0 spiro atoms. The Morgan fingerprint density at radius 1 is 1.64 bits per heavy atom. The van der Waals surface area contributed by atoms with Crippen LogP contribution in [-0.4, -0.2) is 15.6 Å². The third-order valence-electron chi connectivity index (χ3n) is 3.70. The van der Waals surface area contributed by atoms with Crippen molar-refractivity contribution in [2.75, 3.05) is 0 Å². The highest BCUT2D eigenvalue weighted by atomic mass is 35.5.